The van der Waals surface area contributed by atoms with E-state index in [2.05, 4.69) is 5.10 Å². The highest BCUT2D eigenvalue weighted by molar-refractivity contribution is 7.13. The van der Waals surface area contributed by atoms with Crippen LogP contribution in [0, 0.1) is 6.92 Å². The lowest BCUT2D eigenvalue weighted by Crippen LogP contribution is -2.41. The number of ether oxygens (including phenoxy) is 1. The van der Waals surface area contributed by atoms with E-state index in [0.29, 0.717) is 38.5 Å². The molecule has 3 heterocycles. The van der Waals surface area contributed by atoms with Gasteiger partial charge in [0.15, 0.2) is 5.69 Å². The van der Waals surface area contributed by atoms with Gasteiger partial charge in [0.05, 0.1) is 23.8 Å². The third kappa shape index (κ3) is 4.55. The van der Waals surface area contributed by atoms with Crippen LogP contribution in [-0.2, 0) is 16.1 Å². The van der Waals surface area contributed by atoms with Crippen molar-refractivity contribution < 1.29 is 14.3 Å². The first-order valence-corrected chi connectivity index (χ1v) is 11.3. The van der Waals surface area contributed by atoms with Gasteiger partial charge in [0, 0.05) is 25.3 Å². The molecule has 7 nitrogen and oxygen atoms in total. The summed E-state index contributed by atoms with van der Waals surface area (Å²) in [5.74, 6) is -0.193. The molecule has 162 valence electrons. The van der Waals surface area contributed by atoms with Crippen molar-refractivity contribution in [3.63, 3.8) is 0 Å². The van der Waals surface area contributed by atoms with E-state index in [1.807, 2.05) is 55.6 Å². The van der Waals surface area contributed by atoms with Crippen LogP contribution in [-0.4, -0.2) is 59.3 Å². The topological polar surface area (TPSA) is 67.7 Å². The zero-order valence-corrected chi connectivity index (χ0v) is 18.6. The molecule has 0 saturated carbocycles. The Morgan fingerprint density at radius 3 is 2.61 bits per heavy atom. The maximum absolute atomic E-state index is 13.3. The largest absolute Gasteiger partial charge is 0.378 e. The second kappa shape index (κ2) is 9.45. The number of benzene rings is 1. The van der Waals surface area contributed by atoms with Crippen LogP contribution in [0.5, 0.6) is 0 Å². The average Bonchev–Trinajstić information content (AvgIpc) is 3.46. The lowest BCUT2D eigenvalue weighted by molar-refractivity contribution is -0.119. The molecular weight excluding hydrogens is 412 g/mol. The zero-order chi connectivity index (χ0) is 21.8. The first-order valence-electron chi connectivity index (χ1n) is 10.4. The predicted molar refractivity (Wildman–Crippen MR) is 121 cm³/mol. The fourth-order valence-corrected chi connectivity index (χ4v) is 4.50. The Kier molecular flexibility index (Phi) is 6.48. The molecule has 0 radical (unpaired) electrons. The van der Waals surface area contributed by atoms with Crippen molar-refractivity contribution in [1.29, 1.82) is 0 Å². The summed E-state index contributed by atoms with van der Waals surface area (Å²) >= 11 is 1.56. The first-order chi connectivity index (χ1) is 15.1. The molecule has 0 atom stereocenters. The van der Waals surface area contributed by atoms with Crippen LogP contribution in [0.3, 0.4) is 0 Å². The van der Waals surface area contributed by atoms with Crippen LogP contribution in [0.25, 0.3) is 10.6 Å². The van der Waals surface area contributed by atoms with Gasteiger partial charge in [-0.2, -0.15) is 5.10 Å². The van der Waals surface area contributed by atoms with Gasteiger partial charge in [-0.1, -0.05) is 24.3 Å². The fourth-order valence-electron chi connectivity index (χ4n) is 3.75. The summed E-state index contributed by atoms with van der Waals surface area (Å²) in [6.07, 6.45) is 0. The summed E-state index contributed by atoms with van der Waals surface area (Å²) in [5, 5.41) is 6.53. The van der Waals surface area contributed by atoms with E-state index in [4.69, 9.17) is 4.74 Å². The number of thiophene rings is 1. The number of morpholine rings is 1. The second-order valence-corrected chi connectivity index (χ2v) is 8.33. The molecule has 3 aromatic rings. The summed E-state index contributed by atoms with van der Waals surface area (Å²) in [4.78, 5) is 30.7. The van der Waals surface area contributed by atoms with Crippen LogP contribution >= 0.6 is 11.3 Å². The lowest BCUT2D eigenvalue weighted by atomic mass is 10.2. The van der Waals surface area contributed by atoms with E-state index in [0.717, 1.165) is 21.8 Å². The van der Waals surface area contributed by atoms with Crippen molar-refractivity contribution in [2.75, 3.05) is 37.7 Å². The smallest absolute Gasteiger partial charge is 0.274 e. The molecule has 1 aliphatic rings. The summed E-state index contributed by atoms with van der Waals surface area (Å²) in [6.45, 7) is 6.74. The van der Waals surface area contributed by atoms with Gasteiger partial charge in [0.1, 0.15) is 6.54 Å². The molecular formula is C23H26N4O3S. The second-order valence-electron chi connectivity index (χ2n) is 7.38. The molecule has 1 aromatic carbocycles. The van der Waals surface area contributed by atoms with Crippen LogP contribution in [0.4, 0.5) is 5.69 Å². The molecule has 0 bridgehead atoms. The van der Waals surface area contributed by atoms with Crippen molar-refractivity contribution in [2.24, 2.45) is 0 Å². The highest BCUT2D eigenvalue weighted by atomic mass is 32.1. The van der Waals surface area contributed by atoms with Crippen LogP contribution in [0.2, 0.25) is 0 Å². The van der Waals surface area contributed by atoms with E-state index in [1.54, 1.807) is 31.9 Å². The van der Waals surface area contributed by atoms with Crippen molar-refractivity contribution in [1.82, 2.24) is 14.7 Å². The van der Waals surface area contributed by atoms with Gasteiger partial charge in [-0.05, 0) is 43.0 Å². The molecule has 1 aliphatic heterocycles. The number of nitrogens with zero attached hydrogens (tertiary/aromatic N) is 4. The number of hydrogen-bond donors (Lipinski definition) is 0. The van der Waals surface area contributed by atoms with Crippen LogP contribution < -0.4 is 4.90 Å². The third-order valence-corrected chi connectivity index (χ3v) is 6.27. The Morgan fingerprint density at radius 1 is 1.16 bits per heavy atom. The first kappa shape index (κ1) is 21.3. The van der Waals surface area contributed by atoms with Gasteiger partial charge in [-0.25, -0.2) is 0 Å². The molecule has 1 fully saturated rings. The third-order valence-electron chi connectivity index (χ3n) is 5.38. The Bertz CT molecular complexity index is 1050. The summed E-state index contributed by atoms with van der Waals surface area (Å²) in [7, 11) is 0. The molecule has 1 saturated heterocycles. The summed E-state index contributed by atoms with van der Waals surface area (Å²) < 4.78 is 7.00. The number of carbonyl (C=O) groups excluding carboxylic acids is 2. The number of hydrogen-bond acceptors (Lipinski definition) is 5. The van der Waals surface area contributed by atoms with E-state index >= 15 is 0 Å². The maximum atomic E-state index is 13.3. The highest BCUT2D eigenvalue weighted by Gasteiger charge is 2.25. The number of likely N-dealkylation sites (N-methyl/N-ethyl adjacent to an activating group) is 1. The molecule has 0 unspecified atom stereocenters. The van der Waals surface area contributed by atoms with Gasteiger partial charge in [0.2, 0.25) is 5.91 Å². The normalized spacial score (nSPS) is 13.9. The minimum Gasteiger partial charge on any atom is -0.378 e. The molecule has 0 aliphatic carbocycles. The molecule has 0 spiro atoms. The van der Waals surface area contributed by atoms with Crippen molar-refractivity contribution in [2.45, 2.75) is 20.4 Å². The Labute approximate surface area is 185 Å². The lowest BCUT2D eigenvalue weighted by Gasteiger charge is -2.26. The Balaban J connectivity index is 1.63. The molecule has 8 heteroatoms. The van der Waals surface area contributed by atoms with E-state index < -0.39 is 0 Å². The fraction of sp³-hybridized carbons (Fsp3) is 0.348. The van der Waals surface area contributed by atoms with E-state index in [1.165, 1.54) is 0 Å². The monoisotopic (exact) mass is 438 g/mol. The maximum Gasteiger partial charge on any atom is 0.274 e. The predicted octanol–water partition coefficient (Wildman–Crippen LogP) is 3.45. The minimum absolute atomic E-state index is 0.0613. The molecule has 0 N–H and O–H groups in total. The number of rotatable bonds is 6. The van der Waals surface area contributed by atoms with Gasteiger partial charge < -0.3 is 14.5 Å². The average molecular weight is 439 g/mol. The van der Waals surface area contributed by atoms with Crippen molar-refractivity contribution in [3.8, 4) is 10.6 Å². The molecule has 31 heavy (non-hydrogen) atoms. The Morgan fingerprint density at radius 2 is 1.94 bits per heavy atom. The number of para-hydroxylation sites is 1. The number of amides is 2. The van der Waals surface area contributed by atoms with E-state index in [9.17, 15) is 9.59 Å². The number of aromatic nitrogens is 2. The molecule has 2 aromatic heterocycles. The molecule has 2 amide bonds. The van der Waals surface area contributed by atoms with Gasteiger partial charge in [-0.3, -0.25) is 14.3 Å². The van der Waals surface area contributed by atoms with Crippen molar-refractivity contribution in [3.05, 3.63) is 59.1 Å². The van der Waals surface area contributed by atoms with E-state index in [-0.39, 0.29) is 18.4 Å². The number of aryl methyl sites for hydroxylation is 1. The van der Waals surface area contributed by atoms with Gasteiger partial charge in [-0.15, -0.1) is 11.3 Å². The standard InChI is InChI=1S/C23H26N4O3S/c1-3-26(19-8-5-4-7-17(19)2)22(28)16-27-20(21-9-6-14-31-21)15-18(24-27)23(29)25-10-12-30-13-11-25/h4-9,14-15H,3,10-13,16H2,1-2H3. The molecule has 4 rings (SSSR count). The number of anilines is 1. The zero-order valence-electron chi connectivity index (χ0n) is 17.8. The van der Waals surface area contributed by atoms with Gasteiger partial charge in [0.25, 0.3) is 5.91 Å². The van der Waals surface area contributed by atoms with Crippen molar-refractivity contribution >= 4 is 28.8 Å². The SMILES string of the molecule is CCN(C(=O)Cn1nc(C(=O)N2CCOCC2)cc1-c1cccs1)c1ccccc1C. The Hall–Kier alpha value is -2.97. The van der Waals surface area contributed by atoms with Crippen LogP contribution in [0.15, 0.2) is 47.8 Å². The minimum atomic E-state index is -0.126. The summed E-state index contributed by atoms with van der Waals surface area (Å²) in [6, 6.07) is 13.6. The quantitative estimate of drug-likeness (QED) is 0.591. The highest BCUT2D eigenvalue weighted by Crippen LogP contribution is 2.27. The van der Waals surface area contributed by atoms with Gasteiger partial charge >= 0.3 is 0 Å². The summed E-state index contributed by atoms with van der Waals surface area (Å²) in [5.41, 5.74) is 3.07. The van der Waals surface area contributed by atoms with Crippen LogP contribution in [0.1, 0.15) is 23.0 Å². The number of carbonyl (C=O) groups is 2.